The summed E-state index contributed by atoms with van der Waals surface area (Å²) < 4.78 is -1.69. The lowest BCUT2D eigenvalue weighted by Gasteiger charge is -2.39. The Morgan fingerprint density at radius 1 is 0.976 bits per heavy atom. The Bertz CT molecular complexity index is 1460. The van der Waals surface area contributed by atoms with E-state index in [0.29, 0.717) is 30.2 Å². The number of aliphatic hydroxyl groups is 1. The average molecular weight is 606 g/mol. The molecule has 0 radical (unpaired) electrons. The minimum atomic E-state index is -0.990. The third-order valence-corrected chi connectivity index (χ3v) is 11.4. The topological polar surface area (TPSA) is 81.2 Å². The number of aliphatic hydroxyl groups excluding tert-OH is 1. The monoisotopic (exact) mass is 605 g/mol. The van der Waals surface area contributed by atoms with E-state index in [1.165, 1.54) is 0 Å². The molecular weight excluding hydrogens is 570 g/mol. The second kappa shape index (κ2) is 10.9. The molecule has 0 bridgehead atoms. The fourth-order valence-corrected chi connectivity index (χ4v) is 9.90. The van der Waals surface area contributed by atoms with E-state index in [4.69, 9.17) is 11.6 Å². The van der Waals surface area contributed by atoms with Crippen LogP contribution < -0.4 is 4.90 Å². The first-order valence-corrected chi connectivity index (χ1v) is 15.7. The van der Waals surface area contributed by atoms with Gasteiger partial charge in [-0.3, -0.25) is 14.4 Å². The lowest BCUT2D eigenvalue weighted by molar-refractivity contribution is -0.145. The van der Waals surface area contributed by atoms with Gasteiger partial charge in [-0.25, -0.2) is 0 Å². The lowest BCUT2D eigenvalue weighted by Crippen LogP contribution is -2.57. The van der Waals surface area contributed by atoms with Crippen LogP contribution in [0, 0.1) is 18.8 Å². The van der Waals surface area contributed by atoms with Crippen LogP contribution in [0.4, 0.5) is 5.69 Å². The maximum absolute atomic E-state index is 14.8. The molecule has 1 spiro atoms. The summed E-state index contributed by atoms with van der Waals surface area (Å²) in [5, 5.41) is 10.9. The van der Waals surface area contributed by atoms with E-state index in [0.717, 1.165) is 11.1 Å². The van der Waals surface area contributed by atoms with Crippen molar-refractivity contribution in [1.29, 1.82) is 0 Å². The zero-order chi connectivity index (χ0) is 29.8. The zero-order valence-corrected chi connectivity index (χ0v) is 25.6. The van der Waals surface area contributed by atoms with Crippen LogP contribution in [0.3, 0.4) is 0 Å². The van der Waals surface area contributed by atoms with Crippen molar-refractivity contribution in [1.82, 2.24) is 9.80 Å². The van der Waals surface area contributed by atoms with E-state index in [1.807, 2.05) is 86.4 Å². The molecule has 4 aliphatic rings. The van der Waals surface area contributed by atoms with Crippen molar-refractivity contribution in [3.63, 3.8) is 0 Å². The van der Waals surface area contributed by atoms with Gasteiger partial charge in [0.25, 0.3) is 5.91 Å². The van der Waals surface area contributed by atoms with Crippen LogP contribution in [0.2, 0.25) is 5.02 Å². The first-order valence-electron chi connectivity index (χ1n) is 14.5. The minimum Gasteiger partial charge on any atom is -0.394 e. The Morgan fingerprint density at radius 3 is 2.40 bits per heavy atom. The van der Waals surface area contributed by atoms with E-state index in [1.54, 1.807) is 27.6 Å². The Balaban J connectivity index is 1.48. The number of rotatable bonds is 6. The molecule has 2 fully saturated rings. The van der Waals surface area contributed by atoms with Crippen LogP contribution in [0.5, 0.6) is 0 Å². The number of aryl methyl sites for hydroxylation is 1. The van der Waals surface area contributed by atoms with E-state index >= 15 is 0 Å². The van der Waals surface area contributed by atoms with Gasteiger partial charge in [-0.05, 0) is 37.5 Å². The molecule has 6 atom stereocenters. The van der Waals surface area contributed by atoms with Gasteiger partial charge in [-0.15, -0.1) is 11.8 Å². The fraction of sp³-hybridized carbons (Fsp3) is 0.424. The molecule has 0 saturated carbocycles. The molecule has 0 aliphatic carbocycles. The number of benzene rings is 2. The van der Waals surface area contributed by atoms with Crippen molar-refractivity contribution in [2.45, 2.75) is 55.3 Å². The molecule has 2 saturated heterocycles. The first kappa shape index (κ1) is 29.0. The van der Waals surface area contributed by atoms with Gasteiger partial charge in [0, 0.05) is 24.4 Å². The second-order valence-corrected chi connectivity index (χ2v) is 14.0. The number of hydrogen-bond acceptors (Lipinski definition) is 5. The SMILES string of the molecule is CC[C@@H](CO)N1C(=O)[C@@H]2[C@H]3C(=O)N(Cc4ccccc4)CC=C[C@@]3(C)S[C@@]23C=CCN(c2c(C)cccc2Cl)C(=O)C13. The molecular formula is C33H36ClN3O4S. The van der Waals surface area contributed by atoms with Crippen LogP contribution in [0.25, 0.3) is 0 Å². The zero-order valence-electron chi connectivity index (χ0n) is 24.1. The van der Waals surface area contributed by atoms with Crippen molar-refractivity contribution < 1.29 is 19.5 Å². The molecule has 6 rings (SSSR count). The third kappa shape index (κ3) is 4.33. The summed E-state index contributed by atoms with van der Waals surface area (Å²) in [5.74, 6) is -2.02. The summed E-state index contributed by atoms with van der Waals surface area (Å²) in [7, 11) is 0. The summed E-state index contributed by atoms with van der Waals surface area (Å²) in [5.41, 5.74) is 2.49. The molecule has 220 valence electrons. The molecule has 9 heteroatoms. The number of hydrogen-bond donors (Lipinski definition) is 1. The van der Waals surface area contributed by atoms with Gasteiger partial charge >= 0.3 is 0 Å². The van der Waals surface area contributed by atoms with E-state index in [9.17, 15) is 19.5 Å². The van der Waals surface area contributed by atoms with Crippen LogP contribution in [0.1, 0.15) is 31.4 Å². The van der Waals surface area contributed by atoms with Crippen LogP contribution in [0.15, 0.2) is 72.8 Å². The maximum Gasteiger partial charge on any atom is 0.251 e. The number of likely N-dealkylation sites (tertiary alicyclic amines) is 1. The molecule has 4 heterocycles. The maximum atomic E-state index is 14.8. The summed E-state index contributed by atoms with van der Waals surface area (Å²) in [6, 6.07) is 13.9. The fourth-order valence-electron chi connectivity index (χ4n) is 7.43. The number of halogens is 1. The van der Waals surface area contributed by atoms with Gasteiger partial charge in [0.2, 0.25) is 11.8 Å². The molecule has 4 aliphatic heterocycles. The smallest absolute Gasteiger partial charge is 0.251 e. The highest BCUT2D eigenvalue weighted by molar-refractivity contribution is 8.02. The highest BCUT2D eigenvalue weighted by atomic mass is 35.5. The Morgan fingerprint density at radius 2 is 1.71 bits per heavy atom. The number of para-hydroxylation sites is 1. The molecule has 3 amide bonds. The summed E-state index contributed by atoms with van der Waals surface area (Å²) in [6.45, 7) is 6.74. The van der Waals surface area contributed by atoms with Crippen molar-refractivity contribution in [2.24, 2.45) is 11.8 Å². The van der Waals surface area contributed by atoms with Crippen molar-refractivity contribution >= 4 is 46.8 Å². The number of carbonyl (C=O) groups is 3. The third-order valence-electron chi connectivity index (χ3n) is 9.33. The summed E-state index contributed by atoms with van der Waals surface area (Å²) in [6.07, 6.45) is 8.51. The van der Waals surface area contributed by atoms with Crippen molar-refractivity contribution in [2.75, 3.05) is 24.6 Å². The normalized spacial score (nSPS) is 31.1. The van der Waals surface area contributed by atoms with E-state index < -0.39 is 33.4 Å². The quantitative estimate of drug-likeness (QED) is 0.487. The van der Waals surface area contributed by atoms with Gasteiger partial charge in [-0.2, -0.15) is 0 Å². The molecule has 2 aromatic carbocycles. The number of amides is 3. The second-order valence-electron chi connectivity index (χ2n) is 11.9. The number of carbonyl (C=O) groups excluding carboxylic acids is 3. The lowest BCUT2D eigenvalue weighted by atomic mass is 9.74. The highest BCUT2D eigenvalue weighted by Crippen LogP contribution is 2.66. The summed E-state index contributed by atoms with van der Waals surface area (Å²) in [4.78, 5) is 48.9. The molecule has 1 unspecified atom stereocenters. The van der Waals surface area contributed by atoms with Gasteiger partial charge in [0.1, 0.15) is 6.04 Å². The Hall–Kier alpha value is -3.07. The molecule has 7 nitrogen and oxygen atoms in total. The highest BCUT2D eigenvalue weighted by Gasteiger charge is 2.74. The standard InChI is InChI=1S/C33H36ClN3O4S/c1-4-23(20-38)37-28-31(41)36(27-21(2)11-8-14-24(27)34)18-10-16-33(28)26(30(37)40)25-29(39)35(17-9-15-32(25,3)42-33)19-22-12-6-5-7-13-22/h5-16,23,25-26,28,38H,4,17-20H2,1-3H3/t23-,25-,26-,28?,32+,33-/m0/s1. The predicted octanol–water partition coefficient (Wildman–Crippen LogP) is 4.61. The number of thioether (sulfide) groups is 1. The molecule has 1 N–H and O–H groups in total. The van der Waals surface area contributed by atoms with Crippen molar-refractivity contribution in [3.8, 4) is 0 Å². The van der Waals surface area contributed by atoms with E-state index in [2.05, 4.69) is 6.08 Å². The number of anilines is 1. The predicted molar refractivity (Wildman–Crippen MR) is 166 cm³/mol. The van der Waals surface area contributed by atoms with Gasteiger partial charge in [-0.1, -0.05) is 85.3 Å². The molecule has 0 aromatic heterocycles. The Labute approximate surface area is 256 Å². The Kier molecular flexibility index (Phi) is 7.52. The van der Waals surface area contributed by atoms with Gasteiger partial charge < -0.3 is 19.8 Å². The summed E-state index contributed by atoms with van der Waals surface area (Å²) >= 11 is 8.20. The largest absolute Gasteiger partial charge is 0.394 e. The minimum absolute atomic E-state index is 0.0874. The van der Waals surface area contributed by atoms with Crippen LogP contribution in [-0.2, 0) is 20.9 Å². The number of nitrogens with zero attached hydrogens (tertiary/aromatic N) is 3. The van der Waals surface area contributed by atoms with Crippen LogP contribution in [-0.4, -0.2) is 73.9 Å². The van der Waals surface area contributed by atoms with Gasteiger partial charge in [0.05, 0.1) is 39.9 Å². The first-order chi connectivity index (χ1) is 20.2. The van der Waals surface area contributed by atoms with E-state index in [-0.39, 0.29) is 30.9 Å². The van der Waals surface area contributed by atoms with Gasteiger partial charge in [0.15, 0.2) is 0 Å². The van der Waals surface area contributed by atoms with Crippen molar-refractivity contribution in [3.05, 3.63) is 89.0 Å². The number of fused-ring (bicyclic) bond motifs is 2. The average Bonchev–Trinajstić information content (AvgIpc) is 3.25. The van der Waals surface area contributed by atoms with Crippen LogP contribution >= 0.6 is 23.4 Å². The molecule has 42 heavy (non-hydrogen) atoms. The molecule has 2 aromatic rings.